The van der Waals surface area contributed by atoms with E-state index in [0.29, 0.717) is 11.6 Å². The molecule has 1 aliphatic heterocycles. The van der Waals surface area contributed by atoms with Gasteiger partial charge in [0.25, 0.3) is 0 Å². The Morgan fingerprint density at radius 1 is 0.952 bits per heavy atom. The maximum atomic E-state index is 13.8. The minimum absolute atomic E-state index is 0.335. The minimum atomic E-state index is -0.377. The van der Waals surface area contributed by atoms with Gasteiger partial charge in [-0.15, -0.1) is 0 Å². The van der Waals surface area contributed by atoms with E-state index in [1.165, 1.54) is 23.8 Å². The molecule has 0 N–H and O–H groups in total. The Hall–Kier alpha value is -1.90. The van der Waals surface area contributed by atoms with Gasteiger partial charge in [0.15, 0.2) is 0 Å². The van der Waals surface area contributed by atoms with E-state index in [1.807, 2.05) is 11.0 Å². The number of rotatable bonds is 3. The Morgan fingerprint density at radius 2 is 1.67 bits per heavy atom. The molecule has 2 aromatic carbocycles. The van der Waals surface area contributed by atoms with Crippen molar-refractivity contribution in [1.82, 2.24) is 0 Å². The van der Waals surface area contributed by atoms with E-state index in [2.05, 4.69) is 24.3 Å². The fraction of sp³-hybridized carbons (Fsp3) is 0.333. The highest BCUT2D eigenvalue weighted by atomic mass is 19.1. The number of piperidine rings is 1. The molecule has 0 bridgehead atoms. The van der Waals surface area contributed by atoms with Crippen molar-refractivity contribution in [2.24, 2.45) is 5.92 Å². The van der Waals surface area contributed by atoms with Gasteiger partial charge in [0.2, 0.25) is 0 Å². The molecule has 0 unspecified atom stereocenters. The highest BCUT2D eigenvalue weighted by Crippen LogP contribution is 2.28. The number of anilines is 1. The Morgan fingerprint density at radius 3 is 2.38 bits per heavy atom. The van der Waals surface area contributed by atoms with Crippen molar-refractivity contribution in [2.75, 3.05) is 18.0 Å². The lowest BCUT2D eigenvalue weighted by Crippen LogP contribution is -2.34. The molecule has 3 rings (SSSR count). The molecule has 0 saturated carbocycles. The predicted molar refractivity (Wildman–Crippen MR) is 81.4 cm³/mol. The quantitative estimate of drug-likeness (QED) is 0.807. The Kier molecular flexibility index (Phi) is 4.18. The number of nitrogens with zero attached hydrogens (tertiary/aromatic N) is 1. The summed E-state index contributed by atoms with van der Waals surface area (Å²) in [6.07, 6.45) is 3.11. The fourth-order valence-electron chi connectivity index (χ4n) is 3.05. The van der Waals surface area contributed by atoms with Gasteiger partial charge in [-0.3, -0.25) is 0 Å². The topological polar surface area (TPSA) is 3.24 Å². The molecule has 1 saturated heterocycles. The molecule has 3 heteroatoms. The summed E-state index contributed by atoms with van der Waals surface area (Å²) in [6, 6.07) is 14.1. The summed E-state index contributed by atoms with van der Waals surface area (Å²) >= 11 is 0. The fourth-order valence-corrected chi connectivity index (χ4v) is 3.05. The lowest BCUT2D eigenvalue weighted by atomic mass is 9.90. The molecule has 1 heterocycles. The minimum Gasteiger partial charge on any atom is -0.369 e. The first-order valence-electron chi connectivity index (χ1n) is 7.46. The van der Waals surface area contributed by atoms with Gasteiger partial charge in [0, 0.05) is 19.2 Å². The Bertz CT molecular complexity index is 589. The van der Waals surface area contributed by atoms with E-state index < -0.39 is 0 Å². The van der Waals surface area contributed by atoms with Crippen LogP contribution in [0.5, 0.6) is 0 Å². The maximum Gasteiger partial charge on any atom is 0.146 e. The van der Waals surface area contributed by atoms with Gasteiger partial charge < -0.3 is 4.90 Å². The molecule has 0 aromatic heterocycles. The lowest BCUT2D eigenvalue weighted by molar-refractivity contribution is 0.400. The largest absolute Gasteiger partial charge is 0.369 e. The summed E-state index contributed by atoms with van der Waals surface area (Å²) in [5, 5.41) is 0. The number of benzene rings is 2. The summed E-state index contributed by atoms with van der Waals surface area (Å²) in [4.78, 5) is 1.96. The molecule has 0 radical (unpaired) electrons. The van der Waals surface area contributed by atoms with E-state index >= 15 is 0 Å². The van der Waals surface area contributed by atoms with Gasteiger partial charge in [-0.25, -0.2) is 8.78 Å². The second-order valence-electron chi connectivity index (χ2n) is 5.72. The lowest BCUT2D eigenvalue weighted by Gasteiger charge is -2.33. The summed E-state index contributed by atoms with van der Waals surface area (Å²) in [5.74, 6) is -0.0870. The highest BCUT2D eigenvalue weighted by molar-refractivity contribution is 5.48. The zero-order valence-corrected chi connectivity index (χ0v) is 11.9. The van der Waals surface area contributed by atoms with E-state index in [0.717, 1.165) is 32.4 Å². The third-order valence-electron chi connectivity index (χ3n) is 4.23. The second kappa shape index (κ2) is 6.25. The van der Waals surface area contributed by atoms with Crippen LogP contribution in [0.1, 0.15) is 18.4 Å². The molecule has 110 valence electrons. The molecule has 1 fully saturated rings. The van der Waals surface area contributed by atoms with Crippen molar-refractivity contribution in [3.05, 3.63) is 65.7 Å². The molecule has 21 heavy (non-hydrogen) atoms. The molecule has 0 aliphatic carbocycles. The van der Waals surface area contributed by atoms with Gasteiger partial charge in [-0.2, -0.15) is 0 Å². The number of hydrogen-bond acceptors (Lipinski definition) is 1. The SMILES string of the molecule is Fc1ccc(F)c(N2CCC(Cc3ccccc3)CC2)c1. The van der Waals surface area contributed by atoms with Crippen LogP contribution in [-0.4, -0.2) is 13.1 Å². The molecule has 2 aromatic rings. The van der Waals surface area contributed by atoms with E-state index in [9.17, 15) is 8.78 Å². The molecule has 1 aliphatic rings. The van der Waals surface area contributed by atoms with Crippen LogP contribution in [0.2, 0.25) is 0 Å². The molecule has 0 amide bonds. The molecule has 1 nitrogen and oxygen atoms in total. The summed E-state index contributed by atoms with van der Waals surface area (Å²) in [5.41, 5.74) is 1.75. The van der Waals surface area contributed by atoms with Crippen LogP contribution in [0.3, 0.4) is 0 Å². The summed E-state index contributed by atoms with van der Waals surface area (Å²) < 4.78 is 27.1. The molecule has 0 atom stereocenters. The van der Waals surface area contributed by atoms with Crippen molar-refractivity contribution < 1.29 is 8.78 Å². The number of halogens is 2. The van der Waals surface area contributed by atoms with Crippen LogP contribution in [-0.2, 0) is 6.42 Å². The molecule has 0 spiro atoms. The highest BCUT2D eigenvalue weighted by Gasteiger charge is 2.21. The van der Waals surface area contributed by atoms with Gasteiger partial charge in [0.1, 0.15) is 11.6 Å². The first-order chi connectivity index (χ1) is 10.2. The normalized spacial score (nSPS) is 16.2. The third kappa shape index (κ3) is 3.41. The maximum absolute atomic E-state index is 13.8. The van der Waals surface area contributed by atoms with Crippen molar-refractivity contribution in [3.8, 4) is 0 Å². The smallest absolute Gasteiger partial charge is 0.146 e. The third-order valence-corrected chi connectivity index (χ3v) is 4.23. The number of hydrogen-bond donors (Lipinski definition) is 0. The van der Waals surface area contributed by atoms with Crippen molar-refractivity contribution in [3.63, 3.8) is 0 Å². The van der Waals surface area contributed by atoms with Crippen molar-refractivity contribution >= 4 is 5.69 Å². The first-order valence-corrected chi connectivity index (χ1v) is 7.46. The molecular formula is C18H19F2N. The average Bonchev–Trinajstić information content (AvgIpc) is 2.52. The average molecular weight is 287 g/mol. The van der Waals surface area contributed by atoms with Crippen LogP contribution in [0, 0.1) is 17.6 Å². The van der Waals surface area contributed by atoms with Crippen molar-refractivity contribution in [2.45, 2.75) is 19.3 Å². The van der Waals surface area contributed by atoms with E-state index in [1.54, 1.807) is 0 Å². The van der Waals surface area contributed by atoms with Gasteiger partial charge in [0.05, 0.1) is 5.69 Å². The van der Waals surface area contributed by atoms with Gasteiger partial charge in [-0.1, -0.05) is 30.3 Å². The zero-order chi connectivity index (χ0) is 14.7. The zero-order valence-electron chi connectivity index (χ0n) is 11.9. The van der Waals surface area contributed by atoms with Crippen molar-refractivity contribution in [1.29, 1.82) is 0 Å². The summed E-state index contributed by atoms with van der Waals surface area (Å²) in [7, 11) is 0. The van der Waals surface area contributed by atoms with E-state index in [-0.39, 0.29) is 11.6 Å². The van der Waals surface area contributed by atoms with Crippen LogP contribution >= 0.6 is 0 Å². The monoisotopic (exact) mass is 287 g/mol. The standard InChI is InChI=1S/C18H19F2N/c19-16-6-7-17(20)18(13-16)21-10-8-15(9-11-21)12-14-4-2-1-3-5-14/h1-7,13,15H,8-12H2. The van der Waals surface area contributed by atoms with Gasteiger partial charge >= 0.3 is 0 Å². The summed E-state index contributed by atoms with van der Waals surface area (Å²) in [6.45, 7) is 1.58. The van der Waals surface area contributed by atoms with Crippen LogP contribution in [0.25, 0.3) is 0 Å². The first kappa shape index (κ1) is 14.1. The Labute approximate surface area is 124 Å². The Balaban J connectivity index is 1.61. The predicted octanol–water partition coefficient (Wildman–Crippen LogP) is 4.42. The second-order valence-corrected chi connectivity index (χ2v) is 5.72. The van der Waals surface area contributed by atoms with E-state index in [4.69, 9.17) is 0 Å². The van der Waals surface area contributed by atoms with Crippen LogP contribution in [0.4, 0.5) is 14.5 Å². The molecular weight excluding hydrogens is 268 g/mol. The van der Waals surface area contributed by atoms with Crippen LogP contribution < -0.4 is 4.90 Å². The van der Waals surface area contributed by atoms with Gasteiger partial charge in [-0.05, 0) is 42.9 Å². The van der Waals surface area contributed by atoms with Crippen LogP contribution in [0.15, 0.2) is 48.5 Å².